The quantitative estimate of drug-likeness (QED) is 0.305. The van der Waals surface area contributed by atoms with E-state index in [2.05, 4.69) is 24.3 Å². The SMILES string of the molecule is CCC(CC(N)=NO)NC(C)C12CC3CC(CC(C3)C1)C2. The molecule has 2 atom stereocenters. The van der Waals surface area contributed by atoms with Crippen molar-refractivity contribution in [2.45, 2.75) is 77.3 Å². The van der Waals surface area contributed by atoms with E-state index in [4.69, 9.17) is 10.9 Å². The number of amidine groups is 1. The Labute approximate surface area is 128 Å². The van der Waals surface area contributed by atoms with Gasteiger partial charge >= 0.3 is 0 Å². The van der Waals surface area contributed by atoms with Crippen LogP contribution in [0.2, 0.25) is 0 Å². The smallest absolute Gasteiger partial charge is 0.140 e. The van der Waals surface area contributed by atoms with E-state index >= 15 is 0 Å². The maximum absolute atomic E-state index is 8.78. The number of nitrogens with zero attached hydrogens (tertiary/aromatic N) is 1. The number of rotatable bonds is 6. The first-order valence-corrected chi connectivity index (χ1v) is 8.77. The van der Waals surface area contributed by atoms with Gasteiger partial charge in [0.2, 0.25) is 0 Å². The molecule has 21 heavy (non-hydrogen) atoms. The van der Waals surface area contributed by atoms with Gasteiger partial charge in [-0.05, 0) is 75.0 Å². The van der Waals surface area contributed by atoms with Crippen molar-refractivity contribution in [3.63, 3.8) is 0 Å². The predicted octanol–water partition coefficient (Wildman–Crippen LogP) is 3.10. The fourth-order valence-electron chi connectivity index (χ4n) is 5.85. The molecular weight excluding hydrogens is 262 g/mol. The zero-order chi connectivity index (χ0) is 15.0. The van der Waals surface area contributed by atoms with Crippen LogP contribution in [0.5, 0.6) is 0 Å². The van der Waals surface area contributed by atoms with Crippen molar-refractivity contribution >= 4 is 5.84 Å². The molecular formula is C17H31N3O. The molecule has 120 valence electrons. The summed E-state index contributed by atoms with van der Waals surface area (Å²) in [5.41, 5.74) is 6.21. The number of nitrogens with two attached hydrogens (primary N) is 1. The molecule has 2 unspecified atom stereocenters. The minimum Gasteiger partial charge on any atom is -0.409 e. The van der Waals surface area contributed by atoms with Gasteiger partial charge in [0.15, 0.2) is 0 Å². The van der Waals surface area contributed by atoms with E-state index in [1.807, 2.05) is 0 Å². The zero-order valence-electron chi connectivity index (χ0n) is 13.5. The second-order valence-electron chi connectivity index (χ2n) is 8.07. The van der Waals surface area contributed by atoms with Crippen LogP contribution in [0, 0.1) is 23.2 Å². The van der Waals surface area contributed by atoms with E-state index in [0.29, 0.717) is 29.8 Å². The lowest BCUT2D eigenvalue weighted by Gasteiger charge is -2.59. The average Bonchev–Trinajstić information content (AvgIpc) is 2.44. The Morgan fingerprint density at radius 1 is 1.24 bits per heavy atom. The lowest BCUT2D eigenvalue weighted by molar-refractivity contribution is -0.0721. The van der Waals surface area contributed by atoms with E-state index in [1.54, 1.807) is 0 Å². The van der Waals surface area contributed by atoms with Crippen LogP contribution in [0.3, 0.4) is 0 Å². The summed E-state index contributed by atoms with van der Waals surface area (Å²) in [6.07, 6.45) is 10.4. The summed E-state index contributed by atoms with van der Waals surface area (Å²) in [7, 11) is 0. The molecule has 0 aromatic rings. The minimum atomic E-state index is 0.323. The van der Waals surface area contributed by atoms with Gasteiger partial charge in [0.05, 0.1) is 0 Å². The number of nitrogens with one attached hydrogen (secondary N) is 1. The van der Waals surface area contributed by atoms with E-state index < -0.39 is 0 Å². The third kappa shape index (κ3) is 2.92. The molecule has 4 aliphatic carbocycles. The van der Waals surface area contributed by atoms with Gasteiger partial charge in [-0.15, -0.1) is 0 Å². The molecule has 0 aromatic carbocycles. The first-order valence-electron chi connectivity index (χ1n) is 8.77. The average molecular weight is 293 g/mol. The normalized spacial score (nSPS) is 41.2. The summed E-state index contributed by atoms with van der Waals surface area (Å²) in [4.78, 5) is 0. The van der Waals surface area contributed by atoms with Gasteiger partial charge in [0.25, 0.3) is 0 Å². The molecule has 0 heterocycles. The Morgan fingerprint density at radius 2 is 1.76 bits per heavy atom. The summed E-state index contributed by atoms with van der Waals surface area (Å²) in [6.45, 7) is 4.55. The summed E-state index contributed by atoms with van der Waals surface area (Å²) in [5.74, 6) is 3.31. The molecule has 4 saturated carbocycles. The number of hydrogen-bond donors (Lipinski definition) is 3. The highest BCUT2D eigenvalue weighted by atomic mass is 16.4. The summed E-state index contributed by atoms with van der Waals surface area (Å²) in [6, 6.07) is 0.867. The van der Waals surface area contributed by atoms with Crippen molar-refractivity contribution < 1.29 is 5.21 Å². The molecule has 4 aliphatic rings. The summed E-state index contributed by atoms with van der Waals surface area (Å²) < 4.78 is 0. The van der Waals surface area contributed by atoms with Crippen LogP contribution >= 0.6 is 0 Å². The first kappa shape index (κ1) is 15.1. The van der Waals surface area contributed by atoms with Gasteiger partial charge in [0, 0.05) is 18.5 Å². The second-order valence-corrected chi connectivity index (χ2v) is 8.07. The van der Waals surface area contributed by atoms with E-state index in [1.165, 1.54) is 38.5 Å². The highest BCUT2D eigenvalue weighted by Gasteiger charge is 2.53. The Balaban J connectivity index is 1.65. The molecule has 0 saturated heterocycles. The van der Waals surface area contributed by atoms with Gasteiger partial charge < -0.3 is 16.3 Å². The van der Waals surface area contributed by atoms with Crippen LogP contribution in [0.1, 0.15) is 65.2 Å². The lowest BCUT2D eigenvalue weighted by Crippen LogP contribution is -2.56. The van der Waals surface area contributed by atoms with Gasteiger partial charge in [-0.2, -0.15) is 0 Å². The zero-order valence-corrected chi connectivity index (χ0v) is 13.5. The maximum atomic E-state index is 8.78. The molecule has 0 radical (unpaired) electrons. The number of hydrogen-bond acceptors (Lipinski definition) is 3. The molecule has 0 aliphatic heterocycles. The third-order valence-electron chi connectivity index (χ3n) is 6.57. The molecule has 0 amide bonds. The highest BCUT2D eigenvalue weighted by molar-refractivity contribution is 5.80. The first-order chi connectivity index (χ1) is 10.0. The molecule has 4 N–H and O–H groups in total. The molecule has 4 bridgehead atoms. The Morgan fingerprint density at radius 3 is 2.19 bits per heavy atom. The lowest BCUT2D eigenvalue weighted by atomic mass is 9.48. The fourth-order valence-corrected chi connectivity index (χ4v) is 5.85. The van der Waals surface area contributed by atoms with E-state index in [-0.39, 0.29) is 0 Å². The van der Waals surface area contributed by atoms with Crippen LogP contribution in [0.25, 0.3) is 0 Å². The largest absolute Gasteiger partial charge is 0.409 e. The van der Waals surface area contributed by atoms with E-state index in [0.717, 1.165) is 24.2 Å². The van der Waals surface area contributed by atoms with Gasteiger partial charge in [-0.25, -0.2) is 0 Å². The molecule has 4 heteroatoms. The molecule has 0 spiro atoms. The maximum Gasteiger partial charge on any atom is 0.140 e. The topological polar surface area (TPSA) is 70.6 Å². The van der Waals surface area contributed by atoms with Gasteiger partial charge in [0.1, 0.15) is 5.84 Å². The van der Waals surface area contributed by atoms with Crippen LogP contribution < -0.4 is 11.1 Å². The van der Waals surface area contributed by atoms with Crippen LogP contribution in [0.4, 0.5) is 0 Å². The molecule has 4 fully saturated rings. The van der Waals surface area contributed by atoms with Crippen molar-refractivity contribution in [1.82, 2.24) is 5.32 Å². The summed E-state index contributed by atoms with van der Waals surface area (Å²) >= 11 is 0. The summed E-state index contributed by atoms with van der Waals surface area (Å²) in [5, 5.41) is 15.7. The molecule has 4 rings (SSSR count). The van der Waals surface area contributed by atoms with Crippen molar-refractivity contribution in [1.29, 1.82) is 0 Å². The fraction of sp³-hybridized carbons (Fsp3) is 0.941. The van der Waals surface area contributed by atoms with Crippen molar-refractivity contribution in [3.05, 3.63) is 0 Å². The second kappa shape index (κ2) is 5.79. The Bertz CT molecular complexity index is 372. The Kier molecular flexibility index (Phi) is 4.17. The predicted molar refractivity (Wildman–Crippen MR) is 85.3 cm³/mol. The van der Waals surface area contributed by atoms with Crippen LogP contribution in [0.15, 0.2) is 5.16 Å². The number of oxime groups is 1. The third-order valence-corrected chi connectivity index (χ3v) is 6.57. The molecule has 4 nitrogen and oxygen atoms in total. The van der Waals surface area contributed by atoms with E-state index in [9.17, 15) is 0 Å². The standard InChI is InChI=1S/C17H31N3O/c1-3-15(7-16(18)20-21)19-11(2)17-8-12-4-13(9-17)6-14(5-12)10-17/h11-15,19,21H,3-10H2,1-2H3,(H2,18,20). The minimum absolute atomic E-state index is 0.323. The van der Waals surface area contributed by atoms with Crippen molar-refractivity contribution in [2.24, 2.45) is 34.1 Å². The van der Waals surface area contributed by atoms with Gasteiger partial charge in [-0.3, -0.25) is 0 Å². The van der Waals surface area contributed by atoms with Crippen molar-refractivity contribution in [3.8, 4) is 0 Å². The van der Waals surface area contributed by atoms with Crippen LogP contribution in [-0.4, -0.2) is 23.1 Å². The monoisotopic (exact) mass is 293 g/mol. The van der Waals surface area contributed by atoms with Crippen LogP contribution in [-0.2, 0) is 0 Å². The van der Waals surface area contributed by atoms with Gasteiger partial charge in [-0.1, -0.05) is 12.1 Å². The van der Waals surface area contributed by atoms with Crippen molar-refractivity contribution in [2.75, 3.05) is 0 Å². The Hall–Kier alpha value is -0.770. The highest BCUT2D eigenvalue weighted by Crippen LogP contribution is 2.61. The molecule has 0 aromatic heterocycles.